The van der Waals surface area contributed by atoms with Crippen LogP contribution in [0.2, 0.25) is 0 Å². The summed E-state index contributed by atoms with van der Waals surface area (Å²) in [6.45, 7) is 5.99. The van der Waals surface area contributed by atoms with Crippen LogP contribution in [0.4, 0.5) is 4.39 Å². The Bertz CT molecular complexity index is 1100. The molecule has 1 aliphatic carbocycles. The summed E-state index contributed by atoms with van der Waals surface area (Å²) in [6, 6.07) is 14.4. The van der Waals surface area contributed by atoms with Gasteiger partial charge in [0.1, 0.15) is 5.82 Å². The van der Waals surface area contributed by atoms with Gasteiger partial charge in [0.15, 0.2) is 0 Å². The molecular weight excluding hydrogens is 683 g/mol. The van der Waals surface area contributed by atoms with Crippen molar-refractivity contribution < 1.29 is 35.0 Å². The molecule has 3 fully saturated rings. The molecule has 0 spiro atoms. The van der Waals surface area contributed by atoms with Crippen molar-refractivity contribution in [1.29, 1.82) is 0 Å². The molecule has 9 heteroatoms. The summed E-state index contributed by atoms with van der Waals surface area (Å²) < 4.78 is 16.8. The molecule has 2 atom stereocenters. The number of amides is 2. The van der Waals surface area contributed by atoms with Crippen LogP contribution in [-0.4, -0.2) is 41.6 Å². The fourth-order valence-corrected chi connectivity index (χ4v) is 7.12. The minimum Gasteiger partial charge on any atom is -0.671 e. The minimum atomic E-state index is -0.471. The third kappa shape index (κ3) is 7.72. The van der Waals surface area contributed by atoms with Crippen molar-refractivity contribution >= 4 is 23.8 Å². The van der Waals surface area contributed by atoms with E-state index in [2.05, 4.69) is 28.7 Å². The molecule has 2 aromatic rings. The first-order valence-electron chi connectivity index (χ1n) is 13.7. The van der Waals surface area contributed by atoms with E-state index < -0.39 is 6.04 Å². The molecule has 2 aliphatic heterocycles. The molecular formula is C30H39FN4O2SW. The van der Waals surface area contributed by atoms with Crippen molar-refractivity contribution in [3.8, 4) is 0 Å². The minimum absolute atomic E-state index is 0. The second-order valence-corrected chi connectivity index (χ2v) is 11.9. The second kappa shape index (κ2) is 14.2. The largest absolute Gasteiger partial charge is 2.00 e. The van der Waals surface area contributed by atoms with E-state index in [0.29, 0.717) is 29.0 Å². The Kier molecular flexibility index (Phi) is 11.6. The summed E-state index contributed by atoms with van der Waals surface area (Å²) in [5.41, 5.74) is 14.7. The maximum Gasteiger partial charge on any atom is 2.00 e. The van der Waals surface area contributed by atoms with Gasteiger partial charge < -0.3 is 25.9 Å². The summed E-state index contributed by atoms with van der Waals surface area (Å²) in [5, 5.41) is 0. The number of halogens is 1. The van der Waals surface area contributed by atoms with Crippen LogP contribution in [0.25, 0.3) is 10.5 Å². The summed E-state index contributed by atoms with van der Waals surface area (Å²) in [5.74, 6) is 1.39. The number of primary amides is 1. The Labute approximate surface area is 250 Å². The summed E-state index contributed by atoms with van der Waals surface area (Å²) >= 11 is 1.45. The van der Waals surface area contributed by atoms with Gasteiger partial charge in [-0.1, -0.05) is 44.2 Å². The van der Waals surface area contributed by atoms with Crippen molar-refractivity contribution in [1.82, 2.24) is 4.90 Å². The number of nitrogens with zero attached hydrogens (tertiary/aromatic N) is 2. The Hall–Kier alpha value is -1.73. The molecule has 1 saturated carbocycles. The van der Waals surface area contributed by atoms with E-state index in [1.54, 1.807) is 25.1 Å². The molecule has 2 aromatic carbocycles. The fraction of sp³-hybridized carbons (Fsp3) is 0.533. The van der Waals surface area contributed by atoms with Crippen molar-refractivity contribution in [3.63, 3.8) is 0 Å². The van der Waals surface area contributed by atoms with Gasteiger partial charge in [0.05, 0.1) is 5.91 Å². The van der Waals surface area contributed by atoms with E-state index >= 15 is 0 Å². The van der Waals surface area contributed by atoms with Gasteiger partial charge in [-0.05, 0) is 98.5 Å². The zero-order chi connectivity index (χ0) is 27.3. The van der Waals surface area contributed by atoms with Gasteiger partial charge in [-0.2, -0.15) is 0 Å². The first-order valence-corrected chi connectivity index (χ1v) is 14.6. The first-order chi connectivity index (χ1) is 18.2. The Morgan fingerprint density at radius 1 is 1.08 bits per heavy atom. The molecule has 5 rings (SSSR count). The first kappa shape index (κ1) is 31.8. The van der Waals surface area contributed by atoms with Gasteiger partial charge in [0.25, 0.3) is 0 Å². The number of nitrogens with one attached hydrogen (secondary N) is 1. The molecule has 39 heavy (non-hydrogen) atoms. The van der Waals surface area contributed by atoms with Crippen LogP contribution in [0.15, 0.2) is 48.5 Å². The quantitative estimate of drug-likeness (QED) is 0.335. The number of rotatable bonds is 5. The van der Waals surface area contributed by atoms with Crippen LogP contribution in [0.5, 0.6) is 0 Å². The Morgan fingerprint density at radius 3 is 2.18 bits per heavy atom. The average molecular weight is 723 g/mol. The zero-order valence-electron chi connectivity index (χ0n) is 22.8. The third-order valence-corrected chi connectivity index (χ3v) is 9.71. The van der Waals surface area contributed by atoms with Gasteiger partial charge in [0.2, 0.25) is 5.91 Å². The monoisotopic (exact) mass is 722 g/mol. The molecule has 2 unspecified atom stereocenters. The van der Waals surface area contributed by atoms with Gasteiger partial charge >= 0.3 is 21.1 Å². The van der Waals surface area contributed by atoms with Crippen LogP contribution in [0, 0.1) is 17.2 Å². The fourth-order valence-electron chi connectivity index (χ4n) is 6.11. The van der Waals surface area contributed by atoms with Gasteiger partial charge in [-0.25, -0.2) is 4.39 Å². The van der Waals surface area contributed by atoms with Crippen LogP contribution in [0.1, 0.15) is 85.8 Å². The summed E-state index contributed by atoms with van der Waals surface area (Å²) in [7, 11) is 0. The van der Waals surface area contributed by atoms with E-state index in [1.807, 2.05) is 12.1 Å². The zero-order valence-corrected chi connectivity index (χ0v) is 26.5. The van der Waals surface area contributed by atoms with E-state index in [-0.39, 0.29) is 44.1 Å². The van der Waals surface area contributed by atoms with Crippen molar-refractivity contribution in [2.24, 2.45) is 17.1 Å². The number of piperidine rings is 1. The number of carbonyl (C=O) groups excluding carboxylic acids is 2. The van der Waals surface area contributed by atoms with Crippen LogP contribution >= 0.6 is 11.9 Å². The molecule has 6 nitrogen and oxygen atoms in total. The molecule has 2 heterocycles. The van der Waals surface area contributed by atoms with Crippen molar-refractivity contribution in [2.45, 2.75) is 70.4 Å². The maximum atomic E-state index is 12.7. The Morgan fingerprint density at radius 2 is 1.69 bits per heavy atom. The van der Waals surface area contributed by atoms with Crippen LogP contribution in [-0.2, 0) is 25.9 Å². The molecule has 0 bridgehead atoms. The van der Waals surface area contributed by atoms with E-state index in [1.165, 1.54) is 49.3 Å². The molecule has 210 valence electrons. The van der Waals surface area contributed by atoms with Gasteiger partial charge in [0, 0.05) is 17.0 Å². The molecule has 2 saturated heterocycles. The number of carbonyl (C=O) groups is 2. The predicted molar refractivity (Wildman–Crippen MR) is 152 cm³/mol. The average Bonchev–Trinajstić information content (AvgIpc) is 3.28. The van der Waals surface area contributed by atoms with Crippen molar-refractivity contribution in [2.75, 3.05) is 18.8 Å². The van der Waals surface area contributed by atoms with Crippen LogP contribution < -0.4 is 5.73 Å². The second-order valence-electron chi connectivity index (χ2n) is 11.1. The Balaban J connectivity index is 0.000000324. The molecule has 2 amide bonds. The summed E-state index contributed by atoms with van der Waals surface area (Å²) in [4.78, 5) is 26.1. The number of nitrogens with two attached hydrogens (primary N) is 1. The SMILES string of the molecule is CC([NH-])c1ccccc1F.CC1(C2CCN(C3CCC(c4ccc(C(N)=O)cc4)CC3)CC2)CS[N-]C1=O.[W+2]. The smallest absolute Gasteiger partial charge is 0.671 e. The number of likely N-dealkylation sites (tertiary alicyclic amines) is 1. The number of hydrogen-bond donors (Lipinski definition) is 1. The van der Waals surface area contributed by atoms with Gasteiger partial charge in [-0.15, -0.1) is 6.04 Å². The third-order valence-electron chi connectivity index (χ3n) is 8.68. The summed E-state index contributed by atoms with van der Waals surface area (Å²) in [6.07, 6.45) is 7.10. The topological polar surface area (TPSA) is 101 Å². The predicted octanol–water partition coefficient (Wildman–Crippen LogP) is 7.03. The number of hydrogen-bond acceptors (Lipinski definition) is 4. The standard InChI is InChI=1S/C22H31N3O2S.C8H9FN.W/c1-22(14-28-24-21(22)27)18-10-12-25(13-11-18)19-8-6-16(7-9-19)15-2-4-17(5-3-15)20(23)26;1-6(10)7-4-2-3-5-8(7)9;/h2-5,16,18-19H,6-14H2,1H3,(H3,23,24,26,27);2-6,10H,1H3;/q;-1;+2/p-1. The maximum absolute atomic E-state index is 12.7. The number of benzene rings is 2. The molecule has 3 aliphatic rings. The molecule has 0 radical (unpaired) electrons. The van der Waals surface area contributed by atoms with Crippen molar-refractivity contribution in [3.05, 3.63) is 81.5 Å². The molecule has 3 N–H and O–H groups in total. The molecule has 0 aromatic heterocycles. The normalized spacial score (nSPS) is 26.5. The van der Waals surface area contributed by atoms with E-state index in [9.17, 15) is 14.0 Å². The van der Waals surface area contributed by atoms with Gasteiger partial charge in [-0.3, -0.25) is 16.7 Å². The van der Waals surface area contributed by atoms with E-state index in [0.717, 1.165) is 31.7 Å². The van der Waals surface area contributed by atoms with E-state index in [4.69, 9.17) is 11.5 Å². The van der Waals surface area contributed by atoms with Crippen LogP contribution in [0.3, 0.4) is 0 Å².